The summed E-state index contributed by atoms with van der Waals surface area (Å²) in [5.74, 6) is 0.296. The Morgan fingerprint density at radius 1 is 1.38 bits per heavy atom. The molecular formula is C17H26N4O3. The van der Waals surface area contributed by atoms with Crippen LogP contribution in [0.15, 0.2) is 18.6 Å². The molecular weight excluding hydrogens is 308 g/mol. The first-order valence-electron chi connectivity index (χ1n) is 8.20. The standard InChI is InChI=1S/C17H26N4O3/c1-17(2,3)24-16(23)21-8-5-13(11-21)10-20(4)12-15(22)14-9-18-6-7-19-14/h6-7,9,13H,5,8,10-12H2,1-4H3. The summed E-state index contributed by atoms with van der Waals surface area (Å²) in [6, 6.07) is 0. The summed E-state index contributed by atoms with van der Waals surface area (Å²) in [7, 11) is 1.91. The number of Topliss-reactive ketones (excluding diaryl/α,β-unsaturated/α-hetero) is 1. The van der Waals surface area contributed by atoms with Crippen LogP contribution in [0, 0.1) is 5.92 Å². The lowest BCUT2D eigenvalue weighted by atomic mass is 10.1. The molecule has 1 amide bonds. The zero-order valence-corrected chi connectivity index (χ0v) is 14.9. The van der Waals surface area contributed by atoms with E-state index in [1.54, 1.807) is 11.1 Å². The summed E-state index contributed by atoms with van der Waals surface area (Å²) in [6.45, 7) is 8.01. The van der Waals surface area contributed by atoms with E-state index in [-0.39, 0.29) is 11.9 Å². The number of hydrogen-bond donors (Lipinski definition) is 0. The second-order valence-electron chi connectivity index (χ2n) is 7.29. The molecule has 0 N–H and O–H groups in total. The van der Waals surface area contributed by atoms with Gasteiger partial charge in [0.2, 0.25) is 0 Å². The maximum absolute atomic E-state index is 12.1. The number of amides is 1. The first-order valence-corrected chi connectivity index (χ1v) is 8.20. The van der Waals surface area contributed by atoms with Crippen LogP contribution in [0.3, 0.4) is 0 Å². The maximum Gasteiger partial charge on any atom is 0.410 e. The fourth-order valence-electron chi connectivity index (χ4n) is 2.75. The van der Waals surface area contributed by atoms with Crippen molar-refractivity contribution in [1.82, 2.24) is 19.8 Å². The molecule has 0 aromatic carbocycles. The van der Waals surface area contributed by atoms with Gasteiger partial charge in [0.1, 0.15) is 11.3 Å². The number of aromatic nitrogens is 2. The van der Waals surface area contributed by atoms with E-state index >= 15 is 0 Å². The smallest absolute Gasteiger partial charge is 0.410 e. The van der Waals surface area contributed by atoms with Crippen molar-refractivity contribution in [2.45, 2.75) is 32.8 Å². The number of rotatable bonds is 5. The van der Waals surface area contributed by atoms with E-state index in [1.165, 1.54) is 12.4 Å². The van der Waals surface area contributed by atoms with E-state index in [0.717, 1.165) is 13.0 Å². The Morgan fingerprint density at radius 3 is 2.75 bits per heavy atom. The summed E-state index contributed by atoms with van der Waals surface area (Å²) >= 11 is 0. The van der Waals surface area contributed by atoms with E-state index in [9.17, 15) is 9.59 Å². The Morgan fingerprint density at radius 2 is 2.12 bits per heavy atom. The highest BCUT2D eigenvalue weighted by Crippen LogP contribution is 2.20. The monoisotopic (exact) mass is 334 g/mol. The van der Waals surface area contributed by atoms with Gasteiger partial charge in [-0.1, -0.05) is 0 Å². The number of hydrogen-bond acceptors (Lipinski definition) is 6. The van der Waals surface area contributed by atoms with Crippen molar-refractivity contribution in [2.24, 2.45) is 5.92 Å². The maximum atomic E-state index is 12.1. The van der Waals surface area contributed by atoms with E-state index in [4.69, 9.17) is 4.74 Å². The second kappa shape index (κ2) is 7.70. The summed E-state index contributed by atoms with van der Waals surface area (Å²) in [5.41, 5.74) is -0.0964. The van der Waals surface area contributed by atoms with Gasteiger partial charge < -0.3 is 9.64 Å². The molecule has 2 heterocycles. The number of nitrogens with zero attached hydrogens (tertiary/aromatic N) is 4. The van der Waals surface area contributed by atoms with Crippen LogP contribution >= 0.6 is 0 Å². The molecule has 0 radical (unpaired) electrons. The van der Waals surface area contributed by atoms with Crippen LogP contribution in [0.25, 0.3) is 0 Å². The van der Waals surface area contributed by atoms with E-state index in [1.807, 2.05) is 32.7 Å². The highest BCUT2D eigenvalue weighted by Gasteiger charge is 2.30. The largest absolute Gasteiger partial charge is 0.444 e. The highest BCUT2D eigenvalue weighted by molar-refractivity contribution is 5.95. The minimum atomic E-state index is -0.477. The average Bonchev–Trinajstić information content (AvgIpc) is 2.95. The molecule has 132 valence electrons. The van der Waals surface area contributed by atoms with Gasteiger partial charge in [-0.15, -0.1) is 0 Å². The number of carbonyl (C=O) groups is 2. The molecule has 1 aromatic heterocycles. The summed E-state index contributed by atoms with van der Waals surface area (Å²) < 4.78 is 5.40. The molecule has 2 rings (SSSR count). The number of likely N-dealkylation sites (N-methyl/N-ethyl adjacent to an activating group) is 1. The van der Waals surface area contributed by atoms with Gasteiger partial charge in [0.05, 0.1) is 12.7 Å². The molecule has 7 heteroatoms. The summed E-state index contributed by atoms with van der Waals surface area (Å²) in [6.07, 6.45) is 5.20. The highest BCUT2D eigenvalue weighted by atomic mass is 16.6. The Hall–Kier alpha value is -2.02. The zero-order valence-electron chi connectivity index (χ0n) is 14.9. The third-order valence-electron chi connectivity index (χ3n) is 3.77. The molecule has 7 nitrogen and oxygen atoms in total. The average molecular weight is 334 g/mol. The molecule has 1 aliphatic heterocycles. The lowest BCUT2D eigenvalue weighted by Gasteiger charge is -2.25. The molecule has 0 aliphatic carbocycles. The van der Waals surface area contributed by atoms with Gasteiger partial charge in [0.25, 0.3) is 0 Å². The number of likely N-dealkylation sites (tertiary alicyclic amines) is 1. The quantitative estimate of drug-likeness (QED) is 0.765. The predicted octanol–water partition coefficient (Wildman–Crippen LogP) is 1.85. The van der Waals surface area contributed by atoms with Gasteiger partial charge >= 0.3 is 6.09 Å². The number of ketones is 1. The topological polar surface area (TPSA) is 75.6 Å². The lowest BCUT2D eigenvalue weighted by molar-refractivity contribution is 0.0285. The molecule has 1 aromatic rings. The fourth-order valence-corrected chi connectivity index (χ4v) is 2.75. The van der Waals surface area contributed by atoms with E-state index in [0.29, 0.717) is 31.2 Å². The van der Waals surface area contributed by atoms with Crippen LogP contribution in [0.4, 0.5) is 4.79 Å². The first kappa shape index (κ1) is 18.3. The second-order valence-corrected chi connectivity index (χ2v) is 7.29. The van der Waals surface area contributed by atoms with Crippen molar-refractivity contribution in [3.63, 3.8) is 0 Å². The van der Waals surface area contributed by atoms with Crippen molar-refractivity contribution < 1.29 is 14.3 Å². The molecule has 0 saturated carbocycles. The van der Waals surface area contributed by atoms with Crippen molar-refractivity contribution in [1.29, 1.82) is 0 Å². The first-order chi connectivity index (χ1) is 11.2. The van der Waals surface area contributed by atoms with Crippen molar-refractivity contribution in [2.75, 3.05) is 33.2 Å². The van der Waals surface area contributed by atoms with Gasteiger partial charge in [-0.25, -0.2) is 9.78 Å². The Bertz CT molecular complexity index is 571. The van der Waals surface area contributed by atoms with E-state index in [2.05, 4.69) is 9.97 Å². The zero-order chi connectivity index (χ0) is 17.7. The molecule has 1 atom stereocenters. The van der Waals surface area contributed by atoms with Gasteiger partial charge in [-0.3, -0.25) is 14.7 Å². The third-order valence-corrected chi connectivity index (χ3v) is 3.77. The number of ether oxygens (including phenoxy) is 1. The normalized spacial score (nSPS) is 18.0. The third kappa shape index (κ3) is 5.56. The van der Waals surface area contributed by atoms with E-state index < -0.39 is 5.60 Å². The molecule has 1 aliphatic rings. The van der Waals surface area contributed by atoms with Crippen molar-refractivity contribution in [3.8, 4) is 0 Å². The minimum absolute atomic E-state index is 0.0485. The van der Waals surface area contributed by atoms with Crippen LogP contribution < -0.4 is 0 Å². The SMILES string of the molecule is CN(CC(=O)c1cnccn1)CC1CCN(C(=O)OC(C)(C)C)C1. The summed E-state index contributed by atoms with van der Waals surface area (Å²) in [5, 5.41) is 0. The molecule has 1 fully saturated rings. The van der Waals surface area contributed by atoms with Crippen molar-refractivity contribution in [3.05, 3.63) is 24.3 Å². The predicted molar refractivity (Wildman–Crippen MR) is 89.8 cm³/mol. The number of carbonyl (C=O) groups excluding carboxylic acids is 2. The van der Waals surface area contributed by atoms with Gasteiger partial charge in [-0.2, -0.15) is 0 Å². The van der Waals surface area contributed by atoms with Crippen LogP contribution in [-0.4, -0.2) is 70.5 Å². The van der Waals surface area contributed by atoms with Crippen molar-refractivity contribution >= 4 is 11.9 Å². The fraction of sp³-hybridized carbons (Fsp3) is 0.647. The van der Waals surface area contributed by atoms with Crippen LogP contribution in [0.2, 0.25) is 0 Å². The minimum Gasteiger partial charge on any atom is -0.444 e. The summed E-state index contributed by atoms with van der Waals surface area (Å²) in [4.78, 5) is 35.9. The van der Waals surface area contributed by atoms with Crippen LogP contribution in [0.1, 0.15) is 37.7 Å². The van der Waals surface area contributed by atoms with Gasteiger partial charge in [-0.05, 0) is 40.2 Å². The lowest BCUT2D eigenvalue weighted by Crippen LogP contribution is -2.37. The van der Waals surface area contributed by atoms with Gasteiger partial charge in [0, 0.05) is 32.0 Å². The molecule has 1 unspecified atom stereocenters. The Kier molecular flexibility index (Phi) is 5.88. The molecule has 1 saturated heterocycles. The molecule has 0 bridgehead atoms. The van der Waals surface area contributed by atoms with Gasteiger partial charge in [0.15, 0.2) is 5.78 Å². The molecule has 24 heavy (non-hydrogen) atoms. The van der Waals surface area contributed by atoms with Crippen LogP contribution in [0.5, 0.6) is 0 Å². The Labute approximate surface area is 143 Å². The Balaban J connectivity index is 1.78. The van der Waals surface area contributed by atoms with Crippen LogP contribution in [-0.2, 0) is 4.74 Å². The molecule has 0 spiro atoms.